The van der Waals surface area contributed by atoms with E-state index in [-0.39, 0.29) is 17.5 Å². The summed E-state index contributed by atoms with van der Waals surface area (Å²) in [6.45, 7) is 2.71. The molecule has 2 amide bonds. The van der Waals surface area contributed by atoms with Gasteiger partial charge in [-0.1, -0.05) is 0 Å². The van der Waals surface area contributed by atoms with Gasteiger partial charge in [0.25, 0.3) is 11.8 Å². The highest BCUT2D eigenvalue weighted by molar-refractivity contribution is 5.98. The summed E-state index contributed by atoms with van der Waals surface area (Å²) in [5, 5.41) is 2.81. The Balaban J connectivity index is 1.37. The Kier molecular flexibility index (Phi) is 5.31. The summed E-state index contributed by atoms with van der Waals surface area (Å²) in [7, 11) is 0. The normalized spacial score (nSPS) is 18.2. The van der Waals surface area contributed by atoms with Crippen molar-refractivity contribution in [2.45, 2.75) is 25.2 Å². The summed E-state index contributed by atoms with van der Waals surface area (Å²) in [4.78, 5) is 35.0. The molecule has 8 heteroatoms. The largest absolute Gasteiger partial charge is 0.347 e. The molecule has 2 saturated heterocycles. The van der Waals surface area contributed by atoms with Crippen molar-refractivity contribution in [2.75, 3.05) is 26.3 Å². The monoisotopic (exact) mass is 382 g/mol. The molecule has 8 nitrogen and oxygen atoms in total. The smallest absolute Gasteiger partial charge is 0.270 e. The molecule has 0 saturated carbocycles. The molecule has 2 fully saturated rings. The lowest BCUT2D eigenvalue weighted by atomic mass is 10.0. The average Bonchev–Trinajstić information content (AvgIpc) is 3.21. The Hall–Kier alpha value is -2.84. The molecule has 0 radical (unpaired) electrons. The molecule has 2 aromatic rings. The predicted molar refractivity (Wildman–Crippen MR) is 99.4 cm³/mol. The molecule has 0 atom stereocenters. The van der Waals surface area contributed by atoms with Crippen LogP contribution in [-0.2, 0) is 16.0 Å². The van der Waals surface area contributed by atoms with Crippen LogP contribution in [0.2, 0.25) is 0 Å². The van der Waals surface area contributed by atoms with Crippen LogP contribution >= 0.6 is 0 Å². The van der Waals surface area contributed by atoms with Gasteiger partial charge in [0.2, 0.25) is 0 Å². The van der Waals surface area contributed by atoms with Crippen LogP contribution in [0.3, 0.4) is 0 Å². The van der Waals surface area contributed by atoms with Crippen LogP contribution in [0.1, 0.15) is 39.3 Å². The summed E-state index contributed by atoms with van der Waals surface area (Å²) in [6.07, 6.45) is 6.14. The number of ether oxygens (including phenoxy) is 2. The quantitative estimate of drug-likeness (QED) is 0.859. The second-order valence-corrected chi connectivity index (χ2v) is 6.87. The van der Waals surface area contributed by atoms with Gasteiger partial charge in [0.1, 0.15) is 5.69 Å². The summed E-state index contributed by atoms with van der Waals surface area (Å²) in [6, 6.07) is 6.83. The van der Waals surface area contributed by atoms with Crippen LogP contribution in [0.4, 0.5) is 0 Å². The SMILES string of the molecule is O=C(NCc1ccncc1)c1cc(C(=O)N2CCC3(CC2)OCCO3)ccn1. The first kappa shape index (κ1) is 18.5. The Morgan fingerprint density at radius 3 is 2.50 bits per heavy atom. The van der Waals surface area contributed by atoms with Gasteiger partial charge in [0, 0.05) is 56.6 Å². The number of aromatic nitrogens is 2. The highest BCUT2D eigenvalue weighted by atomic mass is 16.7. The molecule has 2 aliphatic rings. The van der Waals surface area contributed by atoms with E-state index in [9.17, 15) is 9.59 Å². The van der Waals surface area contributed by atoms with Crippen molar-refractivity contribution < 1.29 is 19.1 Å². The second-order valence-electron chi connectivity index (χ2n) is 6.87. The van der Waals surface area contributed by atoms with Crippen LogP contribution in [0, 0.1) is 0 Å². The number of carbonyl (C=O) groups is 2. The van der Waals surface area contributed by atoms with E-state index in [1.807, 2.05) is 12.1 Å². The zero-order valence-electron chi connectivity index (χ0n) is 15.5. The third kappa shape index (κ3) is 4.02. The predicted octanol–water partition coefficient (Wildman–Crippen LogP) is 1.39. The fourth-order valence-electron chi connectivity index (χ4n) is 3.48. The minimum absolute atomic E-state index is 0.113. The Labute approximate surface area is 162 Å². The third-order valence-electron chi connectivity index (χ3n) is 5.07. The van der Waals surface area contributed by atoms with E-state index in [4.69, 9.17) is 9.47 Å². The van der Waals surface area contributed by atoms with Crippen LogP contribution in [0.25, 0.3) is 0 Å². The first-order valence-electron chi connectivity index (χ1n) is 9.36. The molecule has 4 rings (SSSR count). The number of rotatable bonds is 4. The van der Waals surface area contributed by atoms with Crippen LogP contribution in [-0.4, -0.2) is 58.8 Å². The van der Waals surface area contributed by atoms with Gasteiger partial charge < -0.3 is 19.7 Å². The van der Waals surface area contributed by atoms with Crippen molar-refractivity contribution in [3.8, 4) is 0 Å². The molecule has 146 valence electrons. The minimum Gasteiger partial charge on any atom is -0.347 e. The Morgan fingerprint density at radius 2 is 1.79 bits per heavy atom. The summed E-state index contributed by atoms with van der Waals surface area (Å²) in [5.74, 6) is -0.956. The lowest BCUT2D eigenvalue weighted by Crippen LogP contribution is -2.47. The molecule has 0 aliphatic carbocycles. The molecule has 0 bridgehead atoms. The first-order chi connectivity index (χ1) is 13.7. The molecule has 1 N–H and O–H groups in total. The van der Waals surface area contributed by atoms with Gasteiger partial charge in [-0.25, -0.2) is 0 Å². The van der Waals surface area contributed by atoms with Crippen LogP contribution in [0.15, 0.2) is 42.9 Å². The zero-order chi connectivity index (χ0) is 19.4. The van der Waals surface area contributed by atoms with E-state index in [1.165, 1.54) is 12.3 Å². The number of amides is 2. The number of hydrogen-bond acceptors (Lipinski definition) is 6. The fourth-order valence-corrected chi connectivity index (χ4v) is 3.48. The standard InChI is InChI=1S/C20H22N4O4/c25-18(23-14-15-1-6-21-7-2-15)17-13-16(3-8-22-17)19(26)24-9-4-20(5-10-24)27-11-12-28-20/h1-3,6-8,13H,4-5,9-12,14H2,(H,23,25). The van der Waals surface area contributed by atoms with Gasteiger partial charge in [-0.3, -0.25) is 19.6 Å². The molecule has 0 aromatic carbocycles. The van der Waals surface area contributed by atoms with Gasteiger partial charge in [0.05, 0.1) is 13.2 Å². The molecule has 2 aliphatic heterocycles. The molecule has 28 heavy (non-hydrogen) atoms. The number of pyridine rings is 2. The second kappa shape index (κ2) is 8.04. The Bertz CT molecular complexity index is 842. The molecule has 4 heterocycles. The number of piperidine rings is 1. The van der Waals surface area contributed by atoms with E-state index in [0.29, 0.717) is 51.3 Å². The average molecular weight is 382 g/mol. The van der Waals surface area contributed by atoms with Crippen molar-refractivity contribution in [3.63, 3.8) is 0 Å². The van der Waals surface area contributed by atoms with Gasteiger partial charge in [-0.15, -0.1) is 0 Å². The molecule has 1 spiro atoms. The van der Waals surface area contributed by atoms with E-state index in [2.05, 4.69) is 15.3 Å². The number of likely N-dealkylation sites (tertiary alicyclic amines) is 1. The molecule has 2 aromatic heterocycles. The minimum atomic E-state index is -0.521. The topological polar surface area (TPSA) is 93.7 Å². The van der Waals surface area contributed by atoms with Crippen molar-refractivity contribution >= 4 is 11.8 Å². The maximum absolute atomic E-state index is 12.8. The van der Waals surface area contributed by atoms with Crippen molar-refractivity contribution in [2.24, 2.45) is 0 Å². The number of nitrogens with zero attached hydrogens (tertiary/aromatic N) is 3. The highest BCUT2D eigenvalue weighted by Crippen LogP contribution is 2.31. The molecular weight excluding hydrogens is 360 g/mol. The first-order valence-corrected chi connectivity index (χ1v) is 9.36. The maximum Gasteiger partial charge on any atom is 0.270 e. The van der Waals surface area contributed by atoms with Crippen LogP contribution < -0.4 is 5.32 Å². The van der Waals surface area contributed by atoms with Crippen molar-refractivity contribution in [3.05, 3.63) is 59.7 Å². The number of carbonyl (C=O) groups excluding carboxylic acids is 2. The maximum atomic E-state index is 12.8. The molecule has 0 unspecified atom stereocenters. The van der Waals surface area contributed by atoms with Crippen LogP contribution in [0.5, 0.6) is 0 Å². The summed E-state index contributed by atoms with van der Waals surface area (Å²) < 4.78 is 11.4. The summed E-state index contributed by atoms with van der Waals surface area (Å²) >= 11 is 0. The van der Waals surface area contributed by atoms with Gasteiger partial charge in [-0.2, -0.15) is 0 Å². The molecular formula is C20H22N4O4. The lowest BCUT2D eigenvalue weighted by molar-refractivity contribution is -0.181. The van der Waals surface area contributed by atoms with E-state index >= 15 is 0 Å². The zero-order valence-corrected chi connectivity index (χ0v) is 15.5. The van der Waals surface area contributed by atoms with Gasteiger partial charge in [-0.05, 0) is 29.8 Å². The van der Waals surface area contributed by atoms with Crippen molar-refractivity contribution in [1.29, 1.82) is 0 Å². The van der Waals surface area contributed by atoms with Crippen molar-refractivity contribution in [1.82, 2.24) is 20.2 Å². The number of hydrogen-bond donors (Lipinski definition) is 1. The van der Waals surface area contributed by atoms with E-state index in [1.54, 1.807) is 23.4 Å². The summed E-state index contributed by atoms with van der Waals surface area (Å²) in [5.41, 5.74) is 1.61. The van der Waals surface area contributed by atoms with Gasteiger partial charge in [0.15, 0.2) is 5.79 Å². The Morgan fingerprint density at radius 1 is 1.07 bits per heavy atom. The van der Waals surface area contributed by atoms with E-state index < -0.39 is 5.79 Å². The third-order valence-corrected chi connectivity index (χ3v) is 5.07. The fraction of sp³-hybridized carbons (Fsp3) is 0.400. The van der Waals surface area contributed by atoms with Gasteiger partial charge >= 0.3 is 0 Å². The highest BCUT2D eigenvalue weighted by Gasteiger charge is 2.40. The lowest BCUT2D eigenvalue weighted by Gasteiger charge is -2.37. The van der Waals surface area contributed by atoms with E-state index in [0.717, 1.165) is 5.56 Å². The number of nitrogens with one attached hydrogen (secondary N) is 1.